The number of aromatic nitrogens is 5. The van der Waals surface area contributed by atoms with E-state index in [2.05, 4.69) is 44.8 Å². The highest BCUT2D eigenvalue weighted by atomic mass is 32.2. The van der Waals surface area contributed by atoms with Crippen LogP contribution >= 0.6 is 11.8 Å². The minimum absolute atomic E-state index is 0.0339. The predicted octanol–water partition coefficient (Wildman–Crippen LogP) is 3.16. The van der Waals surface area contributed by atoms with E-state index in [4.69, 9.17) is 9.84 Å². The van der Waals surface area contributed by atoms with Crippen LogP contribution in [0.25, 0.3) is 11.2 Å². The van der Waals surface area contributed by atoms with E-state index in [1.165, 1.54) is 13.2 Å². The van der Waals surface area contributed by atoms with E-state index < -0.39 is 18.3 Å². The van der Waals surface area contributed by atoms with E-state index in [1.807, 2.05) is 0 Å². The third-order valence-electron chi connectivity index (χ3n) is 6.11. The van der Waals surface area contributed by atoms with Crippen LogP contribution in [0.5, 0.6) is 11.5 Å². The van der Waals surface area contributed by atoms with Gasteiger partial charge in [-0.1, -0.05) is 43.3 Å². The first-order chi connectivity index (χ1) is 18.8. The predicted molar refractivity (Wildman–Crippen MR) is 147 cm³/mol. The van der Waals surface area contributed by atoms with Crippen LogP contribution in [0.15, 0.2) is 23.4 Å². The van der Waals surface area contributed by atoms with Crippen molar-refractivity contribution in [3.63, 3.8) is 0 Å². The first-order valence-corrected chi connectivity index (χ1v) is 14.0. The number of thioether (sulfide) groups is 1. The minimum Gasteiger partial charge on any atom is -0.504 e. The van der Waals surface area contributed by atoms with E-state index in [-0.39, 0.29) is 18.3 Å². The fourth-order valence-corrected chi connectivity index (χ4v) is 4.71. The van der Waals surface area contributed by atoms with E-state index in [1.54, 1.807) is 28.6 Å². The van der Waals surface area contributed by atoms with E-state index in [0.29, 0.717) is 40.7 Å². The number of hydrogen-bond donors (Lipinski definition) is 6. The van der Waals surface area contributed by atoms with Gasteiger partial charge in [0.05, 0.1) is 19.3 Å². The van der Waals surface area contributed by atoms with Crippen LogP contribution in [0.1, 0.15) is 57.6 Å². The van der Waals surface area contributed by atoms with Crippen molar-refractivity contribution >= 4 is 34.8 Å². The molecule has 1 aliphatic rings. The lowest BCUT2D eigenvalue weighted by molar-refractivity contribution is 0.0215. The Morgan fingerprint density at radius 2 is 2.00 bits per heavy atom. The number of amides is 1. The lowest BCUT2D eigenvalue weighted by atomic mass is 10.2. The van der Waals surface area contributed by atoms with Gasteiger partial charge in [-0.25, -0.2) is 19.4 Å². The van der Waals surface area contributed by atoms with Crippen molar-refractivity contribution in [2.45, 2.75) is 75.9 Å². The van der Waals surface area contributed by atoms with Crippen LogP contribution in [0.4, 0.5) is 10.6 Å². The Kier molecular flexibility index (Phi) is 11.4. The second kappa shape index (κ2) is 14.7. The number of fused-ring (bicyclic) bond motifs is 1. The normalized spacial score (nSPS) is 18.4. The number of phenols is 1. The third-order valence-corrected chi connectivity index (χ3v) is 7.16. The molecule has 1 fully saturated rings. The minimum atomic E-state index is -1.09. The molecule has 0 saturated heterocycles. The van der Waals surface area contributed by atoms with Gasteiger partial charge >= 0.3 is 6.09 Å². The molecule has 1 aliphatic carbocycles. The molecule has 3 aromatic rings. The number of phenolic OH excluding ortho intramolecular Hbond substituents is 1. The smallest absolute Gasteiger partial charge is 0.404 e. The van der Waals surface area contributed by atoms with Gasteiger partial charge in [-0.2, -0.15) is 0 Å². The number of rotatable bonds is 11. The van der Waals surface area contributed by atoms with Gasteiger partial charge in [0.2, 0.25) is 0 Å². The second-order valence-electron chi connectivity index (χ2n) is 9.06. The number of aliphatic hydroxyl groups is 2. The fraction of sp³-hybridized carbons (Fsp3) is 0.560. The molecule has 0 spiro atoms. The third kappa shape index (κ3) is 8.07. The van der Waals surface area contributed by atoms with Crippen molar-refractivity contribution in [3.8, 4) is 11.5 Å². The molecule has 214 valence electrons. The Bertz CT molecular complexity index is 1230. The summed E-state index contributed by atoms with van der Waals surface area (Å²) in [5.41, 5.74) is 1.96. The van der Waals surface area contributed by atoms with Crippen molar-refractivity contribution in [1.29, 1.82) is 0 Å². The molecule has 2 heterocycles. The van der Waals surface area contributed by atoms with Crippen LogP contribution < -0.4 is 15.4 Å². The molecule has 13 nitrogen and oxygen atoms in total. The number of nitrogens with zero attached hydrogens (tertiary/aromatic N) is 5. The van der Waals surface area contributed by atoms with Gasteiger partial charge in [0.1, 0.15) is 6.10 Å². The van der Waals surface area contributed by atoms with Crippen molar-refractivity contribution in [2.24, 2.45) is 0 Å². The molecular weight excluding hydrogens is 526 g/mol. The van der Waals surface area contributed by atoms with Crippen LogP contribution in [-0.4, -0.2) is 83.1 Å². The molecule has 1 aromatic carbocycles. The zero-order valence-electron chi connectivity index (χ0n) is 22.4. The highest BCUT2D eigenvalue weighted by Crippen LogP contribution is 2.33. The summed E-state index contributed by atoms with van der Waals surface area (Å²) < 4.78 is 6.52. The Hall–Kier alpha value is -3.36. The Labute approximate surface area is 231 Å². The van der Waals surface area contributed by atoms with Crippen molar-refractivity contribution in [3.05, 3.63) is 23.8 Å². The number of carboxylic acid groups (broad SMARTS) is 1. The second-order valence-corrected chi connectivity index (χ2v) is 10.1. The summed E-state index contributed by atoms with van der Waals surface area (Å²) in [6, 6.07) is 4.35. The van der Waals surface area contributed by atoms with Gasteiger partial charge < -0.3 is 35.8 Å². The van der Waals surface area contributed by atoms with Gasteiger partial charge in [-0.3, -0.25) is 0 Å². The number of anilines is 1. The highest BCUT2D eigenvalue weighted by Gasteiger charge is 2.37. The van der Waals surface area contributed by atoms with Gasteiger partial charge in [0, 0.05) is 18.8 Å². The number of aromatic hydroxyl groups is 1. The standard InChI is InChI=1S/C16H26N6O2S.C9H11NO4/c1-3-5-8-17-14-12-15(19-16(18-14)25-9-4-2)22(21-20-12)10-6-7-11(23)13(10)24;1-14-8-4-6(2-3-7(8)11)5-10-9(12)13/h10-11,13,23-24H,3-9H2,1-2H3,(H,17,18,19);2-4,10-11H,5H2,1H3,(H,12,13)/t10-,11-,13+;/m1./s1. The Balaban J connectivity index is 0.000000255. The van der Waals surface area contributed by atoms with Gasteiger partial charge in [-0.05, 0) is 43.4 Å². The number of ether oxygens (including phenoxy) is 1. The van der Waals surface area contributed by atoms with Crippen molar-refractivity contribution in [1.82, 2.24) is 30.3 Å². The SMILES string of the molecule is CCCCNc1nc(SCCC)nc2c1nnn2[C@@H]1CC[C@@H](O)[C@H]1O.COc1cc(CNC(=O)O)ccc1O. The van der Waals surface area contributed by atoms with Gasteiger partial charge in [0.25, 0.3) is 0 Å². The average molecular weight is 564 g/mol. The van der Waals surface area contributed by atoms with Crippen LogP contribution in [0.3, 0.4) is 0 Å². The summed E-state index contributed by atoms with van der Waals surface area (Å²) in [4.78, 5) is 19.4. The maximum absolute atomic E-state index is 10.2. The fourth-order valence-electron chi connectivity index (χ4n) is 4.01. The Morgan fingerprint density at radius 1 is 1.21 bits per heavy atom. The summed E-state index contributed by atoms with van der Waals surface area (Å²) >= 11 is 1.60. The molecule has 0 radical (unpaired) electrons. The molecule has 0 unspecified atom stereocenters. The largest absolute Gasteiger partial charge is 0.504 e. The lowest BCUT2D eigenvalue weighted by Crippen LogP contribution is -2.28. The summed E-state index contributed by atoms with van der Waals surface area (Å²) in [5.74, 6) is 1.99. The first-order valence-electron chi connectivity index (χ1n) is 13.0. The highest BCUT2D eigenvalue weighted by molar-refractivity contribution is 7.99. The molecular formula is C25H37N7O6S. The topological polar surface area (TPSA) is 188 Å². The van der Waals surface area contributed by atoms with Crippen LogP contribution in [0, 0.1) is 0 Å². The number of unbranched alkanes of at least 4 members (excludes halogenated alkanes) is 1. The molecule has 14 heteroatoms. The van der Waals surface area contributed by atoms with Gasteiger partial charge in [-0.15, -0.1) is 5.10 Å². The van der Waals surface area contributed by atoms with Crippen LogP contribution in [-0.2, 0) is 6.54 Å². The molecule has 2 aromatic heterocycles. The number of nitrogens with one attached hydrogen (secondary N) is 2. The zero-order chi connectivity index (χ0) is 28.4. The monoisotopic (exact) mass is 563 g/mol. The van der Waals surface area contributed by atoms with Crippen LogP contribution in [0.2, 0.25) is 0 Å². The zero-order valence-corrected chi connectivity index (χ0v) is 23.2. The molecule has 6 N–H and O–H groups in total. The number of methoxy groups -OCH3 is 1. The molecule has 1 amide bonds. The maximum atomic E-state index is 10.2. The van der Waals surface area contributed by atoms with E-state index in [9.17, 15) is 20.1 Å². The van der Waals surface area contributed by atoms with Crippen molar-refractivity contribution < 1.29 is 30.0 Å². The van der Waals surface area contributed by atoms with E-state index >= 15 is 0 Å². The number of benzene rings is 1. The number of hydrogen-bond acceptors (Lipinski definition) is 11. The lowest BCUT2D eigenvalue weighted by Gasteiger charge is -2.16. The molecule has 4 rings (SSSR count). The molecule has 0 bridgehead atoms. The Morgan fingerprint density at radius 3 is 2.64 bits per heavy atom. The van der Waals surface area contributed by atoms with Crippen molar-refractivity contribution in [2.75, 3.05) is 24.7 Å². The molecule has 39 heavy (non-hydrogen) atoms. The summed E-state index contributed by atoms with van der Waals surface area (Å²) in [5, 5.41) is 52.4. The number of carbonyl (C=O) groups is 1. The number of aliphatic hydroxyl groups excluding tert-OH is 2. The molecule has 1 saturated carbocycles. The average Bonchev–Trinajstić information content (AvgIpc) is 3.49. The van der Waals surface area contributed by atoms with Gasteiger partial charge in [0.15, 0.2) is 33.6 Å². The molecule has 0 aliphatic heterocycles. The quantitative estimate of drug-likeness (QED) is 0.114. The molecule has 3 atom stereocenters. The summed E-state index contributed by atoms with van der Waals surface area (Å²) in [6.07, 6.45) is 1.73. The first kappa shape index (κ1) is 30.2. The summed E-state index contributed by atoms with van der Waals surface area (Å²) in [6.45, 7) is 5.26. The van der Waals surface area contributed by atoms with E-state index in [0.717, 1.165) is 37.1 Å². The summed E-state index contributed by atoms with van der Waals surface area (Å²) in [7, 11) is 1.43. The maximum Gasteiger partial charge on any atom is 0.404 e.